The predicted molar refractivity (Wildman–Crippen MR) is 72.0 cm³/mol. The minimum atomic E-state index is -0.322. The fourth-order valence-electron chi connectivity index (χ4n) is 2.41. The quantitative estimate of drug-likeness (QED) is 0.929. The van der Waals surface area contributed by atoms with Crippen molar-refractivity contribution in [3.8, 4) is 11.5 Å². The molecule has 1 saturated heterocycles. The SMILES string of the molecule is COc1cc(Br)c(C2CCCNC2)c(F)c1OC. The molecule has 1 heterocycles. The van der Waals surface area contributed by atoms with Gasteiger partial charge in [-0.3, -0.25) is 0 Å². The Balaban J connectivity index is 2.46. The molecule has 0 spiro atoms. The van der Waals surface area contributed by atoms with E-state index < -0.39 is 0 Å². The van der Waals surface area contributed by atoms with Crippen molar-refractivity contribution in [2.75, 3.05) is 27.3 Å². The number of piperidine rings is 1. The van der Waals surface area contributed by atoms with Crippen LogP contribution in [0.25, 0.3) is 0 Å². The number of halogens is 2. The summed E-state index contributed by atoms with van der Waals surface area (Å²) in [6.45, 7) is 1.80. The highest BCUT2D eigenvalue weighted by molar-refractivity contribution is 9.10. The Morgan fingerprint density at radius 1 is 1.39 bits per heavy atom. The molecule has 1 aromatic rings. The van der Waals surface area contributed by atoms with Crippen LogP contribution in [0.5, 0.6) is 11.5 Å². The van der Waals surface area contributed by atoms with Crippen LogP contribution in [0.1, 0.15) is 24.3 Å². The van der Waals surface area contributed by atoms with Gasteiger partial charge >= 0.3 is 0 Å². The summed E-state index contributed by atoms with van der Waals surface area (Å²) in [7, 11) is 2.96. The summed E-state index contributed by atoms with van der Waals surface area (Å²) in [6.07, 6.45) is 2.04. The lowest BCUT2D eigenvalue weighted by atomic mass is 9.91. The van der Waals surface area contributed by atoms with E-state index >= 15 is 0 Å². The lowest BCUT2D eigenvalue weighted by Crippen LogP contribution is -2.29. The second kappa shape index (κ2) is 5.89. The molecule has 1 aromatic carbocycles. The highest BCUT2D eigenvalue weighted by Crippen LogP contribution is 2.41. The summed E-state index contributed by atoms with van der Waals surface area (Å²) in [4.78, 5) is 0. The molecule has 1 aliphatic rings. The second-order valence-electron chi connectivity index (χ2n) is 4.36. The molecule has 3 nitrogen and oxygen atoms in total. The summed E-state index contributed by atoms with van der Waals surface area (Å²) in [6, 6.07) is 1.77. The predicted octanol–water partition coefficient (Wildman–Crippen LogP) is 3.07. The molecule has 2 rings (SSSR count). The van der Waals surface area contributed by atoms with Crippen LogP contribution in [0.15, 0.2) is 10.5 Å². The average Bonchev–Trinajstić information content (AvgIpc) is 2.39. The highest BCUT2D eigenvalue weighted by Gasteiger charge is 2.26. The molecule has 1 N–H and O–H groups in total. The van der Waals surface area contributed by atoms with Crippen LogP contribution in [0.3, 0.4) is 0 Å². The Labute approximate surface area is 115 Å². The zero-order valence-corrected chi connectivity index (χ0v) is 12.1. The van der Waals surface area contributed by atoms with Gasteiger partial charge in [-0.05, 0) is 25.5 Å². The Morgan fingerprint density at radius 2 is 2.17 bits per heavy atom. The normalized spacial score (nSPS) is 19.7. The molecule has 1 atom stereocenters. The van der Waals surface area contributed by atoms with Crippen LogP contribution < -0.4 is 14.8 Å². The number of hydrogen-bond acceptors (Lipinski definition) is 3. The van der Waals surface area contributed by atoms with Crippen LogP contribution in [-0.4, -0.2) is 27.3 Å². The van der Waals surface area contributed by atoms with Crippen molar-refractivity contribution in [1.82, 2.24) is 5.32 Å². The highest BCUT2D eigenvalue weighted by atomic mass is 79.9. The van der Waals surface area contributed by atoms with Gasteiger partial charge in [0.05, 0.1) is 14.2 Å². The Bertz CT molecular complexity index is 433. The second-order valence-corrected chi connectivity index (χ2v) is 5.22. The van der Waals surface area contributed by atoms with Crippen LogP contribution in [0, 0.1) is 5.82 Å². The molecule has 0 radical (unpaired) electrons. The van der Waals surface area contributed by atoms with Gasteiger partial charge in [-0.25, -0.2) is 4.39 Å². The molecule has 1 fully saturated rings. The van der Waals surface area contributed by atoms with Gasteiger partial charge in [0.25, 0.3) is 0 Å². The van der Waals surface area contributed by atoms with Gasteiger partial charge in [0.1, 0.15) is 0 Å². The van der Waals surface area contributed by atoms with Gasteiger partial charge in [0, 0.05) is 22.5 Å². The van der Waals surface area contributed by atoms with Gasteiger partial charge < -0.3 is 14.8 Å². The summed E-state index contributed by atoms with van der Waals surface area (Å²) < 4.78 is 25.5. The molecule has 0 amide bonds. The minimum absolute atomic E-state index is 0.174. The minimum Gasteiger partial charge on any atom is -0.493 e. The Kier molecular flexibility index (Phi) is 4.45. The smallest absolute Gasteiger partial charge is 0.197 e. The van der Waals surface area contributed by atoms with Crippen molar-refractivity contribution in [2.24, 2.45) is 0 Å². The van der Waals surface area contributed by atoms with Gasteiger partial charge in [-0.2, -0.15) is 0 Å². The van der Waals surface area contributed by atoms with Crippen molar-refractivity contribution < 1.29 is 13.9 Å². The van der Waals surface area contributed by atoms with E-state index in [0.717, 1.165) is 30.4 Å². The lowest BCUT2D eigenvalue weighted by Gasteiger charge is -2.25. The van der Waals surface area contributed by atoms with Gasteiger partial charge in [-0.1, -0.05) is 15.9 Å². The Hall–Kier alpha value is -0.810. The first-order valence-corrected chi connectivity index (χ1v) is 6.79. The third-order valence-corrected chi connectivity index (χ3v) is 3.96. The molecule has 0 aliphatic carbocycles. The number of methoxy groups -OCH3 is 2. The standard InChI is InChI=1S/C13H17BrFNO2/c1-17-10-6-9(14)11(12(15)13(10)18-2)8-4-3-5-16-7-8/h6,8,16H,3-5,7H2,1-2H3. The van der Waals surface area contributed by atoms with Gasteiger partial charge in [0.2, 0.25) is 0 Å². The number of rotatable bonds is 3. The molecule has 1 aliphatic heterocycles. The number of ether oxygens (including phenoxy) is 2. The maximum Gasteiger partial charge on any atom is 0.197 e. The molecule has 0 bridgehead atoms. The average molecular weight is 318 g/mol. The largest absolute Gasteiger partial charge is 0.493 e. The molecule has 0 saturated carbocycles. The summed E-state index contributed by atoms with van der Waals surface area (Å²) in [5, 5.41) is 3.29. The number of benzene rings is 1. The third kappa shape index (κ3) is 2.47. The van der Waals surface area contributed by atoms with E-state index in [1.54, 1.807) is 6.07 Å². The fraction of sp³-hybridized carbons (Fsp3) is 0.538. The molecule has 1 unspecified atom stereocenters. The van der Waals surface area contributed by atoms with E-state index in [1.807, 2.05) is 0 Å². The summed E-state index contributed by atoms with van der Waals surface area (Å²) in [5.41, 5.74) is 0.680. The maximum atomic E-state index is 14.5. The molecule has 100 valence electrons. The van der Waals surface area contributed by atoms with Gasteiger partial charge in [0.15, 0.2) is 17.3 Å². The first-order chi connectivity index (χ1) is 8.69. The van der Waals surface area contributed by atoms with Crippen molar-refractivity contribution >= 4 is 15.9 Å². The zero-order valence-electron chi connectivity index (χ0n) is 10.6. The monoisotopic (exact) mass is 317 g/mol. The van der Waals surface area contributed by atoms with Crippen LogP contribution in [0.2, 0.25) is 0 Å². The van der Waals surface area contributed by atoms with E-state index in [4.69, 9.17) is 9.47 Å². The third-order valence-electron chi connectivity index (χ3n) is 3.30. The molecule has 0 aromatic heterocycles. The van der Waals surface area contributed by atoms with E-state index in [1.165, 1.54) is 14.2 Å². The number of hydrogen-bond donors (Lipinski definition) is 1. The van der Waals surface area contributed by atoms with Crippen molar-refractivity contribution in [2.45, 2.75) is 18.8 Å². The molecule has 18 heavy (non-hydrogen) atoms. The molecule has 5 heteroatoms. The van der Waals surface area contributed by atoms with Crippen molar-refractivity contribution in [1.29, 1.82) is 0 Å². The fourth-order valence-corrected chi connectivity index (χ4v) is 3.11. The van der Waals surface area contributed by atoms with E-state index in [9.17, 15) is 4.39 Å². The van der Waals surface area contributed by atoms with E-state index in [2.05, 4.69) is 21.2 Å². The molecular formula is C13H17BrFNO2. The van der Waals surface area contributed by atoms with Crippen LogP contribution >= 0.6 is 15.9 Å². The van der Waals surface area contributed by atoms with Crippen molar-refractivity contribution in [3.05, 3.63) is 21.9 Å². The van der Waals surface area contributed by atoms with Gasteiger partial charge in [-0.15, -0.1) is 0 Å². The van der Waals surface area contributed by atoms with Crippen LogP contribution in [-0.2, 0) is 0 Å². The van der Waals surface area contributed by atoms with Crippen LogP contribution in [0.4, 0.5) is 4.39 Å². The zero-order chi connectivity index (χ0) is 13.1. The Morgan fingerprint density at radius 3 is 2.72 bits per heavy atom. The van der Waals surface area contributed by atoms with E-state index in [-0.39, 0.29) is 17.5 Å². The first kappa shape index (κ1) is 13.6. The van der Waals surface area contributed by atoms with E-state index in [0.29, 0.717) is 11.3 Å². The maximum absolute atomic E-state index is 14.5. The first-order valence-electron chi connectivity index (χ1n) is 5.99. The number of nitrogens with one attached hydrogen (secondary N) is 1. The summed E-state index contributed by atoms with van der Waals surface area (Å²) >= 11 is 3.43. The molecular weight excluding hydrogens is 301 g/mol. The van der Waals surface area contributed by atoms with Crippen molar-refractivity contribution in [3.63, 3.8) is 0 Å². The lowest BCUT2D eigenvalue weighted by molar-refractivity contribution is 0.332. The topological polar surface area (TPSA) is 30.5 Å². The summed E-state index contributed by atoms with van der Waals surface area (Å²) in [5.74, 6) is 0.445.